The second-order valence-corrected chi connectivity index (χ2v) is 5.36. The van der Waals surface area contributed by atoms with Gasteiger partial charge in [0.25, 0.3) is 0 Å². The number of esters is 1. The normalized spacial score (nSPS) is 13.3. The molecule has 3 heteroatoms. The van der Waals surface area contributed by atoms with Crippen LogP contribution in [-0.4, -0.2) is 17.4 Å². The molecule has 16 heavy (non-hydrogen) atoms. The highest BCUT2D eigenvalue weighted by Gasteiger charge is 2.22. The van der Waals surface area contributed by atoms with Crippen molar-refractivity contribution < 1.29 is 14.3 Å². The van der Waals surface area contributed by atoms with Crippen molar-refractivity contribution in [3.05, 3.63) is 0 Å². The number of hydrogen-bond acceptors (Lipinski definition) is 3. The van der Waals surface area contributed by atoms with Gasteiger partial charge in [0, 0.05) is 6.42 Å². The Hall–Kier alpha value is -0.860. The van der Waals surface area contributed by atoms with Gasteiger partial charge in [0.2, 0.25) is 5.78 Å². The summed E-state index contributed by atoms with van der Waals surface area (Å²) in [7, 11) is 0. The zero-order valence-electron chi connectivity index (χ0n) is 11.1. The Morgan fingerprint density at radius 3 is 2.19 bits per heavy atom. The fourth-order valence-corrected chi connectivity index (χ4v) is 1.45. The van der Waals surface area contributed by atoms with Crippen molar-refractivity contribution in [2.45, 2.75) is 65.9 Å². The van der Waals surface area contributed by atoms with Crippen molar-refractivity contribution >= 4 is 11.8 Å². The van der Waals surface area contributed by atoms with E-state index in [0.717, 1.165) is 19.3 Å². The summed E-state index contributed by atoms with van der Waals surface area (Å²) in [4.78, 5) is 22.8. The molecule has 1 unspecified atom stereocenters. The summed E-state index contributed by atoms with van der Waals surface area (Å²) in [5, 5.41) is 0. The highest BCUT2D eigenvalue weighted by molar-refractivity contribution is 6.33. The fourth-order valence-electron chi connectivity index (χ4n) is 1.45. The maximum atomic E-state index is 11.5. The smallest absolute Gasteiger partial charge is 0.375 e. The molecule has 0 aromatic rings. The van der Waals surface area contributed by atoms with Crippen LogP contribution in [0.5, 0.6) is 0 Å². The molecule has 94 valence electrons. The summed E-state index contributed by atoms with van der Waals surface area (Å²) in [6.07, 6.45) is 3.28. The lowest BCUT2D eigenvalue weighted by atomic mass is 9.99. The molecule has 1 atom stereocenters. The van der Waals surface area contributed by atoms with Crippen molar-refractivity contribution in [3.8, 4) is 0 Å². The molecular formula is C13H24O3. The Labute approximate surface area is 98.6 Å². The lowest BCUT2D eigenvalue weighted by Gasteiger charge is -2.19. The highest BCUT2D eigenvalue weighted by atomic mass is 16.6. The first-order valence-electron chi connectivity index (χ1n) is 6.02. The maximum Gasteiger partial charge on any atom is 0.375 e. The Morgan fingerprint density at radius 2 is 1.75 bits per heavy atom. The van der Waals surface area contributed by atoms with Gasteiger partial charge >= 0.3 is 5.97 Å². The first-order chi connectivity index (χ1) is 7.26. The van der Waals surface area contributed by atoms with Gasteiger partial charge in [-0.1, -0.05) is 26.7 Å². The Morgan fingerprint density at radius 1 is 1.19 bits per heavy atom. The van der Waals surface area contributed by atoms with Gasteiger partial charge in [-0.3, -0.25) is 4.79 Å². The largest absolute Gasteiger partial charge is 0.454 e. The summed E-state index contributed by atoms with van der Waals surface area (Å²) in [6, 6.07) is 0. The number of rotatable bonds is 6. The third kappa shape index (κ3) is 7.43. The van der Waals surface area contributed by atoms with Crippen LogP contribution in [0.25, 0.3) is 0 Å². The molecular weight excluding hydrogens is 204 g/mol. The summed E-state index contributed by atoms with van der Waals surface area (Å²) in [5.74, 6) is -0.606. The fraction of sp³-hybridized carbons (Fsp3) is 0.846. The second kappa shape index (κ2) is 6.66. The number of carbonyl (C=O) groups excluding carboxylic acids is 2. The van der Waals surface area contributed by atoms with Gasteiger partial charge in [-0.05, 0) is 33.1 Å². The van der Waals surface area contributed by atoms with Gasteiger partial charge in [-0.2, -0.15) is 0 Å². The third-order valence-electron chi connectivity index (χ3n) is 2.27. The van der Waals surface area contributed by atoms with Crippen LogP contribution in [0.4, 0.5) is 0 Å². The van der Waals surface area contributed by atoms with E-state index >= 15 is 0 Å². The minimum absolute atomic E-state index is 0.302. The van der Waals surface area contributed by atoms with Crippen LogP contribution in [0.3, 0.4) is 0 Å². The van der Waals surface area contributed by atoms with E-state index in [1.807, 2.05) is 0 Å². The number of carbonyl (C=O) groups is 2. The summed E-state index contributed by atoms with van der Waals surface area (Å²) < 4.78 is 5.00. The SMILES string of the molecule is CCCC(C)CCC(=O)C(=O)OC(C)(C)C. The van der Waals surface area contributed by atoms with Crippen molar-refractivity contribution in [3.63, 3.8) is 0 Å². The predicted molar refractivity (Wildman–Crippen MR) is 64.2 cm³/mol. The van der Waals surface area contributed by atoms with Gasteiger partial charge in [-0.15, -0.1) is 0 Å². The second-order valence-electron chi connectivity index (χ2n) is 5.36. The number of ketones is 1. The molecule has 0 amide bonds. The lowest BCUT2D eigenvalue weighted by Crippen LogP contribution is -2.29. The molecule has 0 saturated carbocycles. The molecule has 0 aromatic heterocycles. The van der Waals surface area contributed by atoms with Crippen LogP contribution in [0, 0.1) is 5.92 Å². The van der Waals surface area contributed by atoms with Gasteiger partial charge in [0.1, 0.15) is 5.60 Å². The van der Waals surface area contributed by atoms with Crippen molar-refractivity contribution in [2.75, 3.05) is 0 Å². The number of hydrogen-bond donors (Lipinski definition) is 0. The molecule has 0 radical (unpaired) electrons. The minimum atomic E-state index is -0.698. The van der Waals surface area contributed by atoms with E-state index in [4.69, 9.17) is 4.74 Å². The third-order valence-corrected chi connectivity index (χ3v) is 2.27. The van der Waals surface area contributed by atoms with E-state index in [-0.39, 0.29) is 0 Å². The van der Waals surface area contributed by atoms with Gasteiger partial charge in [0.15, 0.2) is 0 Å². The van der Waals surface area contributed by atoms with Crippen LogP contribution in [-0.2, 0) is 14.3 Å². The molecule has 0 aromatic carbocycles. The molecule has 0 bridgehead atoms. The van der Waals surface area contributed by atoms with Gasteiger partial charge in [0.05, 0.1) is 0 Å². The molecule has 0 aliphatic rings. The lowest BCUT2D eigenvalue weighted by molar-refractivity contribution is -0.162. The number of ether oxygens (including phenoxy) is 1. The van der Waals surface area contributed by atoms with E-state index in [0.29, 0.717) is 12.3 Å². The Kier molecular flexibility index (Phi) is 6.31. The van der Waals surface area contributed by atoms with Gasteiger partial charge < -0.3 is 4.74 Å². The van der Waals surface area contributed by atoms with E-state index in [1.165, 1.54) is 0 Å². The minimum Gasteiger partial charge on any atom is -0.454 e. The molecule has 0 spiro atoms. The molecule has 0 heterocycles. The molecule has 0 saturated heterocycles. The van der Waals surface area contributed by atoms with Crippen molar-refractivity contribution in [1.82, 2.24) is 0 Å². The molecule has 0 fully saturated rings. The van der Waals surface area contributed by atoms with Crippen LogP contribution in [0.2, 0.25) is 0 Å². The van der Waals surface area contributed by atoms with Crippen LogP contribution in [0.15, 0.2) is 0 Å². The number of Topliss-reactive ketones (excluding diaryl/α,β-unsaturated/α-hetero) is 1. The van der Waals surface area contributed by atoms with E-state index in [1.54, 1.807) is 20.8 Å². The summed E-state index contributed by atoms with van der Waals surface area (Å²) in [5.41, 5.74) is -0.582. The molecule has 0 N–H and O–H groups in total. The zero-order chi connectivity index (χ0) is 12.8. The van der Waals surface area contributed by atoms with Crippen molar-refractivity contribution in [2.24, 2.45) is 5.92 Å². The topological polar surface area (TPSA) is 43.4 Å². The Balaban J connectivity index is 3.93. The van der Waals surface area contributed by atoms with Crippen LogP contribution in [0.1, 0.15) is 60.3 Å². The van der Waals surface area contributed by atoms with E-state index in [9.17, 15) is 9.59 Å². The predicted octanol–water partition coefficient (Wildman–Crippen LogP) is 3.11. The monoisotopic (exact) mass is 228 g/mol. The highest BCUT2D eigenvalue weighted by Crippen LogP contribution is 2.14. The summed E-state index contributed by atoms with van der Waals surface area (Å²) >= 11 is 0. The molecule has 3 nitrogen and oxygen atoms in total. The molecule has 0 aliphatic heterocycles. The Bertz CT molecular complexity index is 238. The average molecular weight is 228 g/mol. The van der Waals surface area contributed by atoms with Crippen LogP contribution >= 0.6 is 0 Å². The standard InChI is InChI=1S/C13H24O3/c1-6-7-10(2)8-9-11(14)12(15)16-13(3,4)5/h10H,6-9H2,1-5H3. The van der Waals surface area contributed by atoms with E-state index < -0.39 is 17.4 Å². The molecule has 0 aliphatic carbocycles. The van der Waals surface area contributed by atoms with Gasteiger partial charge in [-0.25, -0.2) is 4.79 Å². The molecule has 0 rings (SSSR count). The first-order valence-corrected chi connectivity index (χ1v) is 6.02. The zero-order valence-corrected chi connectivity index (χ0v) is 11.1. The quantitative estimate of drug-likeness (QED) is 0.518. The van der Waals surface area contributed by atoms with E-state index in [2.05, 4.69) is 13.8 Å². The summed E-state index contributed by atoms with van der Waals surface area (Å²) in [6.45, 7) is 9.51. The van der Waals surface area contributed by atoms with Crippen LogP contribution < -0.4 is 0 Å². The average Bonchev–Trinajstić information content (AvgIpc) is 2.11. The van der Waals surface area contributed by atoms with Crippen molar-refractivity contribution in [1.29, 1.82) is 0 Å². The maximum absolute atomic E-state index is 11.5. The first kappa shape index (κ1) is 15.1.